The second-order valence-corrected chi connectivity index (χ2v) is 1.21. The minimum Gasteiger partial charge on any atom is -1.00 e. The molecule has 0 atom stereocenters. The van der Waals surface area contributed by atoms with E-state index in [-0.39, 0.29) is 40.6 Å². The molecule has 0 radical (unpaired) electrons. The van der Waals surface area contributed by atoms with Crippen molar-refractivity contribution in [2.45, 2.75) is 0 Å². The Labute approximate surface area is 108 Å². The SMILES string of the molecule is NC(N)=O.NC(N)=O.NC(N)=O.[H-].[H-].[Li+].[Li+]. The summed E-state index contributed by atoms with van der Waals surface area (Å²) in [5, 5.41) is 0. The Bertz CT molecular complexity index is 133. The number of urea groups is 3. The fraction of sp³-hybridized carbons (Fsp3) is 0. The van der Waals surface area contributed by atoms with Crippen LogP contribution in [0.1, 0.15) is 2.85 Å². The minimum atomic E-state index is -0.833. The molecular formula is C3H14Li2N6O3. The molecule has 12 N–H and O–H groups in total. The van der Waals surface area contributed by atoms with Crippen LogP contribution in [0.5, 0.6) is 0 Å². The maximum absolute atomic E-state index is 9.00. The van der Waals surface area contributed by atoms with E-state index in [1.165, 1.54) is 0 Å². The molecule has 0 aromatic rings. The van der Waals surface area contributed by atoms with Crippen molar-refractivity contribution in [1.82, 2.24) is 0 Å². The van der Waals surface area contributed by atoms with Crippen molar-refractivity contribution in [2.24, 2.45) is 34.4 Å². The number of amides is 6. The van der Waals surface area contributed by atoms with E-state index in [2.05, 4.69) is 34.4 Å². The summed E-state index contributed by atoms with van der Waals surface area (Å²) in [6, 6.07) is -2.50. The van der Waals surface area contributed by atoms with Crippen molar-refractivity contribution in [3.63, 3.8) is 0 Å². The summed E-state index contributed by atoms with van der Waals surface area (Å²) in [4.78, 5) is 27.0. The molecule has 0 rings (SSSR count). The first-order chi connectivity index (χ1) is 5.20. The van der Waals surface area contributed by atoms with Gasteiger partial charge in [0, 0.05) is 0 Å². The van der Waals surface area contributed by atoms with Crippen LogP contribution >= 0.6 is 0 Å². The van der Waals surface area contributed by atoms with Crippen molar-refractivity contribution in [3.05, 3.63) is 0 Å². The number of primary amides is 6. The Kier molecular flexibility index (Phi) is 47.4. The number of hydrogen-bond donors (Lipinski definition) is 6. The van der Waals surface area contributed by atoms with Crippen molar-refractivity contribution in [3.8, 4) is 0 Å². The van der Waals surface area contributed by atoms with Gasteiger partial charge in [0.15, 0.2) is 0 Å². The van der Waals surface area contributed by atoms with Crippen LogP contribution in [0.4, 0.5) is 14.4 Å². The normalized spacial score (nSPS) is 5.14. The molecule has 0 heterocycles. The van der Waals surface area contributed by atoms with E-state index in [1.807, 2.05) is 0 Å². The Hall–Kier alpha value is -0.995. The first-order valence-corrected chi connectivity index (χ1v) is 2.34. The fourth-order valence-electron chi connectivity index (χ4n) is 0. The second-order valence-electron chi connectivity index (χ2n) is 1.21. The predicted octanol–water partition coefficient (Wildman–Crippen LogP) is -8.70. The first-order valence-electron chi connectivity index (χ1n) is 2.34. The molecule has 0 saturated heterocycles. The standard InChI is InChI=1S/3CH4N2O.2Li.2H/c3*2-1(3)4;;;;/h3*(H4,2,3,4);;;;/q;;;2*+1;2*-1. The van der Waals surface area contributed by atoms with Crippen molar-refractivity contribution < 1.29 is 55.0 Å². The maximum Gasteiger partial charge on any atom is 1.00 e. The summed E-state index contributed by atoms with van der Waals surface area (Å²) in [5.41, 5.74) is 25.5. The molecule has 0 saturated carbocycles. The predicted molar refractivity (Wildman–Crippen MR) is 43.5 cm³/mol. The number of hydrogen-bond acceptors (Lipinski definition) is 3. The number of carbonyl (C=O) groups excluding carboxylic acids is 3. The summed E-state index contributed by atoms with van der Waals surface area (Å²) < 4.78 is 0. The van der Waals surface area contributed by atoms with Crippen LogP contribution in [-0.4, -0.2) is 18.1 Å². The largest absolute Gasteiger partial charge is 1.00 e. The molecule has 0 aliphatic rings. The molecule has 0 unspecified atom stereocenters. The summed E-state index contributed by atoms with van der Waals surface area (Å²) in [5.74, 6) is 0. The zero-order chi connectivity index (χ0) is 10.7. The van der Waals surface area contributed by atoms with Gasteiger partial charge in [-0.25, -0.2) is 14.4 Å². The third kappa shape index (κ3) is 1110. The van der Waals surface area contributed by atoms with Gasteiger partial charge >= 0.3 is 55.8 Å². The Balaban J connectivity index is -0.0000000135. The average Bonchev–Trinajstić information content (AvgIpc) is 1.54. The van der Waals surface area contributed by atoms with Gasteiger partial charge in [0.1, 0.15) is 0 Å². The molecule has 9 nitrogen and oxygen atoms in total. The Morgan fingerprint density at radius 2 is 0.571 bits per heavy atom. The molecule has 0 aromatic carbocycles. The smallest absolute Gasteiger partial charge is 1.00 e. The van der Waals surface area contributed by atoms with Crippen LogP contribution < -0.4 is 72.1 Å². The van der Waals surface area contributed by atoms with E-state index in [1.54, 1.807) is 0 Å². The van der Waals surface area contributed by atoms with Crippen LogP contribution in [0.15, 0.2) is 0 Å². The van der Waals surface area contributed by atoms with Gasteiger partial charge in [-0.05, 0) is 0 Å². The molecule has 0 fully saturated rings. The first kappa shape index (κ1) is 29.2. The maximum atomic E-state index is 9.00. The Morgan fingerprint density at radius 1 is 0.571 bits per heavy atom. The summed E-state index contributed by atoms with van der Waals surface area (Å²) in [6.45, 7) is 0. The average molecular weight is 196 g/mol. The van der Waals surface area contributed by atoms with Crippen LogP contribution in [0.2, 0.25) is 0 Å². The zero-order valence-corrected chi connectivity index (χ0v) is 8.19. The van der Waals surface area contributed by atoms with E-state index in [0.717, 1.165) is 0 Å². The zero-order valence-electron chi connectivity index (χ0n) is 10.2. The molecule has 0 bridgehead atoms. The monoisotopic (exact) mass is 196 g/mol. The number of nitrogens with two attached hydrogens (primary N) is 6. The molecule has 0 spiro atoms. The molecule has 76 valence electrons. The van der Waals surface area contributed by atoms with Crippen LogP contribution in [0.3, 0.4) is 0 Å². The third-order valence-electron chi connectivity index (χ3n) is 0. The van der Waals surface area contributed by atoms with Gasteiger partial charge in [-0.15, -0.1) is 0 Å². The topological polar surface area (TPSA) is 207 Å². The van der Waals surface area contributed by atoms with Gasteiger partial charge in [-0.3, -0.25) is 0 Å². The molecule has 14 heavy (non-hydrogen) atoms. The van der Waals surface area contributed by atoms with Crippen molar-refractivity contribution >= 4 is 18.1 Å². The molecule has 6 amide bonds. The Morgan fingerprint density at radius 3 is 0.571 bits per heavy atom. The van der Waals surface area contributed by atoms with E-state index in [4.69, 9.17) is 14.4 Å². The second kappa shape index (κ2) is 22.7. The van der Waals surface area contributed by atoms with E-state index in [9.17, 15) is 0 Å². The summed E-state index contributed by atoms with van der Waals surface area (Å²) >= 11 is 0. The van der Waals surface area contributed by atoms with Gasteiger partial charge in [-0.2, -0.15) is 0 Å². The van der Waals surface area contributed by atoms with E-state index >= 15 is 0 Å². The summed E-state index contributed by atoms with van der Waals surface area (Å²) in [7, 11) is 0. The van der Waals surface area contributed by atoms with Gasteiger partial charge < -0.3 is 37.3 Å². The van der Waals surface area contributed by atoms with Crippen molar-refractivity contribution in [2.75, 3.05) is 0 Å². The van der Waals surface area contributed by atoms with Crippen LogP contribution in [0, 0.1) is 0 Å². The molecule has 11 heteroatoms. The molecule has 0 aliphatic carbocycles. The van der Waals surface area contributed by atoms with Gasteiger partial charge in [0.25, 0.3) is 0 Å². The van der Waals surface area contributed by atoms with Gasteiger partial charge in [0.05, 0.1) is 0 Å². The van der Waals surface area contributed by atoms with Crippen LogP contribution in [-0.2, 0) is 0 Å². The number of rotatable bonds is 0. The number of carbonyl (C=O) groups is 3. The molecule has 0 aromatic heterocycles. The van der Waals surface area contributed by atoms with Gasteiger partial charge in [0.2, 0.25) is 0 Å². The molecular weight excluding hydrogens is 182 g/mol. The molecule has 0 aliphatic heterocycles. The van der Waals surface area contributed by atoms with Gasteiger partial charge in [-0.1, -0.05) is 0 Å². The van der Waals surface area contributed by atoms with Crippen LogP contribution in [0.25, 0.3) is 0 Å². The van der Waals surface area contributed by atoms with E-state index in [0.29, 0.717) is 0 Å². The van der Waals surface area contributed by atoms with Crippen molar-refractivity contribution in [1.29, 1.82) is 0 Å². The quantitative estimate of drug-likeness (QED) is 0.208. The fourth-order valence-corrected chi connectivity index (χ4v) is 0. The summed E-state index contributed by atoms with van der Waals surface area (Å²) in [6.07, 6.45) is 0. The minimum absolute atomic E-state index is 0. The third-order valence-corrected chi connectivity index (χ3v) is 0. The van der Waals surface area contributed by atoms with E-state index < -0.39 is 18.1 Å².